The largest absolute Gasteiger partial charge is 0.496 e. The van der Waals surface area contributed by atoms with E-state index in [4.69, 9.17) is 10.5 Å². The van der Waals surface area contributed by atoms with Gasteiger partial charge in [0, 0.05) is 18.5 Å². The van der Waals surface area contributed by atoms with E-state index < -0.39 is 6.04 Å². The van der Waals surface area contributed by atoms with Gasteiger partial charge in [0.2, 0.25) is 5.91 Å². The number of likely N-dealkylation sites (N-methyl/N-ethyl adjacent to an activating group) is 1. The second-order valence-corrected chi connectivity index (χ2v) is 6.47. The Balaban J connectivity index is 2.74. The molecule has 0 saturated heterocycles. The lowest BCUT2D eigenvalue weighted by Crippen LogP contribution is -2.42. The topological polar surface area (TPSA) is 55.6 Å². The van der Waals surface area contributed by atoms with Gasteiger partial charge in [0.05, 0.1) is 13.2 Å². The summed E-state index contributed by atoms with van der Waals surface area (Å²) in [5.41, 5.74) is 6.99. The van der Waals surface area contributed by atoms with Gasteiger partial charge in [0.15, 0.2) is 0 Å². The van der Waals surface area contributed by atoms with E-state index in [1.807, 2.05) is 24.5 Å². The molecular formula is C16H26N2O2S. The van der Waals surface area contributed by atoms with Crippen molar-refractivity contribution in [1.82, 2.24) is 4.90 Å². The van der Waals surface area contributed by atoms with E-state index in [9.17, 15) is 4.79 Å². The molecule has 2 N–H and O–H groups in total. The average molecular weight is 310 g/mol. The molecule has 0 bridgehead atoms. The fourth-order valence-electron chi connectivity index (χ4n) is 2.22. The number of thioether (sulfide) groups is 1. The van der Waals surface area contributed by atoms with Crippen molar-refractivity contribution in [3.63, 3.8) is 0 Å². The van der Waals surface area contributed by atoms with Crippen LogP contribution in [-0.2, 0) is 11.3 Å². The van der Waals surface area contributed by atoms with Crippen molar-refractivity contribution in [1.29, 1.82) is 0 Å². The van der Waals surface area contributed by atoms with E-state index >= 15 is 0 Å². The van der Waals surface area contributed by atoms with E-state index in [-0.39, 0.29) is 5.91 Å². The number of hydrogen-bond donors (Lipinski definition) is 1. The minimum absolute atomic E-state index is 0.0170. The molecule has 1 amide bonds. The van der Waals surface area contributed by atoms with Crippen molar-refractivity contribution in [2.45, 2.75) is 37.8 Å². The third-order valence-electron chi connectivity index (χ3n) is 3.29. The number of nitrogens with two attached hydrogens (primary N) is 1. The normalized spacial score (nSPS) is 12.3. The first kappa shape index (κ1) is 17.9. The molecule has 0 heterocycles. The van der Waals surface area contributed by atoms with Crippen LogP contribution in [0.1, 0.15) is 25.8 Å². The van der Waals surface area contributed by atoms with Crippen LogP contribution in [0.4, 0.5) is 0 Å². The average Bonchev–Trinajstić information content (AvgIpc) is 2.45. The highest BCUT2D eigenvalue weighted by Crippen LogP contribution is 2.28. The molecule has 0 radical (unpaired) electrons. The van der Waals surface area contributed by atoms with Crippen molar-refractivity contribution in [3.8, 4) is 5.75 Å². The zero-order valence-corrected chi connectivity index (χ0v) is 14.4. The van der Waals surface area contributed by atoms with Crippen LogP contribution < -0.4 is 10.5 Å². The number of methoxy groups -OCH3 is 1. The van der Waals surface area contributed by atoms with Crippen LogP contribution in [0.15, 0.2) is 23.1 Å². The summed E-state index contributed by atoms with van der Waals surface area (Å²) in [5, 5.41) is 0. The molecule has 0 unspecified atom stereocenters. The van der Waals surface area contributed by atoms with Gasteiger partial charge in [-0.05, 0) is 36.3 Å². The molecule has 0 aliphatic heterocycles. The number of rotatable bonds is 7. The summed E-state index contributed by atoms with van der Waals surface area (Å²) < 4.78 is 5.37. The molecule has 0 spiro atoms. The van der Waals surface area contributed by atoms with Gasteiger partial charge in [-0.1, -0.05) is 19.9 Å². The highest BCUT2D eigenvalue weighted by atomic mass is 32.2. The predicted molar refractivity (Wildman–Crippen MR) is 88.7 cm³/mol. The maximum absolute atomic E-state index is 12.2. The lowest BCUT2D eigenvalue weighted by molar-refractivity contribution is -0.132. The van der Waals surface area contributed by atoms with Crippen LogP contribution in [0.5, 0.6) is 5.75 Å². The van der Waals surface area contributed by atoms with Crippen LogP contribution in [0.2, 0.25) is 0 Å². The third-order valence-corrected chi connectivity index (χ3v) is 4.06. The van der Waals surface area contributed by atoms with Gasteiger partial charge in [-0.3, -0.25) is 4.79 Å². The van der Waals surface area contributed by atoms with Gasteiger partial charge in [-0.25, -0.2) is 0 Å². The minimum atomic E-state index is -0.428. The lowest BCUT2D eigenvalue weighted by atomic mass is 10.0. The molecule has 5 heteroatoms. The zero-order valence-electron chi connectivity index (χ0n) is 13.6. The summed E-state index contributed by atoms with van der Waals surface area (Å²) in [6.45, 7) is 4.67. The zero-order chi connectivity index (χ0) is 16.0. The van der Waals surface area contributed by atoms with Gasteiger partial charge in [0.25, 0.3) is 0 Å². The molecule has 0 fully saturated rings. The van der Waals surface area contributed by atoms with Gasteiger partial charge < -0.3 is 15.4 Å². The van der Waals surface area contributed by atoms with Crippen molar-refractivity contribution in [2.24, 2.45) is 11.7 Å². The number of carbonyl (C=O) groups is 1. The molecule has 1 atom stereocenters. The standard InChI is InChI=1S/C16H26N2O2S/c1-11(2)8-13(17)16(19)18(3)10-12-6-7-15(21-5)14(9-12)20-4/h6-7,9,11,13H,8,10,17H2,1-5H3/t13-/m0/s1. The second-order valence-electron chi connectivity index (χ2n) is 5.62. The first-order chi connectivity index (χ1) is 9.88. The monoisotopic (exact) mass is 310 g/mol. The molecule has 1 aromatic carbocycles. The SMILES string of the molecule is COc1cc(CN(C)C(=O)[C@@H](N)CC(C)C)ccc1SC. The van der Waals surface area contributed by atoms with Gasteiger partial charge in [-0.15, -0.1) is 11.8 Å². The lowest BCUT2D eigenvalue weighted by Gasteiger charge is -2.22. The van der Waals surface area contributed by atoms with Crippen molar-refractivity contribution < 1.29 is 9.53 Å². The summed E-state index contributed by atoms with van der Waals surface area (Å²) in [5.74, 6) is 1.24. The molecule has 118 valence electrons. The number of benzene rings is 1. The molecule has 21 heavy (non-hydrogen) atoms. The molecule has 0 aliphatic carbocycles. The number of nitrogens with zero attached hydrogens (tertiary/aromatic N) is 1. The van der Waals surface area contributed by atoms with Crippen LogP contribution in [-0.4, -0.2) is 37.3 Å². The molecule has 0 aliphatic rings. The van der Waals surface area contributed by atoms with Gasteiger partial charge >= 0.3 is 0 Å². The quantitative estimate of drug-likeness (QED) is 0.787. The van der Waals surface area contributed by atoms with E-state index in [2.05, 4.69) is 13.8 Å². The van der Waals surface area contributed by atoms with Crippen molar-refractivity contribution in [2.75, 3.05) is 20.4 Å². The van der Waals surface area contributed by atoms with E-state index in [1.54, 1.807) is 30.8 Å². The van der Waals surface area contributed by atoms with Crippen LogP contribution >= 0.6 is 11.8 Å². The maximum atomic E-state index is 12.2. The number of carbonyl (C=O) groups excluding carboxylic acids is 1. The summed E-state index contributed by atoms with van der Waals surface area (Å²) in [6, 6.07) is 5.59. The highest BCUT2D eigenvalue weighted by molar-refractivity contribution is 7.98. The first-order valence-electron chi connectivity index (χ1n) is 7.10. The summed E-state index contributed by atoms with van der Waals surface area (Å²) in [7, 11) is 3.45. The summed E-state index contributed by atoms with van der Waals surface area (Å²) in [4.78, 5) is 15.0. The maximum Gasteiger partial charge on any atom is 0.239 e. The molecule has 0 saturated carbocycles. The Bertz CT molecular complexity index is 477. The van der Waals surface area contributed by atoms with Crippen LogP contribution in [0.25, 0.3) is 0 Å². The Kier molecular flexibility index (Phi) is 7.05. The van der Waals surface area contributed by atoms with Crippen molar-refractivity contribution in [3.05, 3.63) is 23.8 Å². The number of amides is 1. The van der Waals surface area contributed by atoms with E-state index in [0.717, 1.165) is 16.2 Å². The Labute approximate surface area is 132 Å². The number of hydrogen-bond acceptors (Lipinski definition) is 4. The van der Waals surface area contributed by atoms with Gasteiger partial charge in [0.1, 0.15) is 5.75 Å². The Morgan fingerprint density at radius 1 is 1.43 bits per heavy atom. The molecular weight excluding hydrogens is 284 g/mol. The third kappa shape index (κ3) is 5.25. The van der Waals surface area contributed by atoms with Crippen LogP contribution in [0.3, 0.4) is 0 Å². The molecule has 1 aromatic rings. The highest BCUT2D eigenvalue weighted by Gasteiger charge is 2.19. The fourth-order valence-corrected chi connectivity index (χ4v) is 2.77. The summed E-state index contributed by atoms with van der Waals surface area (Å²) >= 11 is 1.64. The Morgan fingerprint density at radius 3 is 2.62 bits per heavy atom. The Morgan fingerprint density at radius 2 is 2.10 bits per heavy atom. The van der Waals surface area contributed by atoms with Crippen molar-refractivity contribution >= 4 is 17.7 Å². The van der Waals surface area contributed by atoms with Crippen LogP contribution in [0, 0.1) is 5.92 Å². The smallest absolute Gasteiger partial charge is 0.239 e. The Hall–Kier alpha value is -1.20. The summed E-state index contributed by atoms with van der Waals surface area (Å²) in [6.07, 6.45) is 2.72. The predicted octanol–water partition coefficient (Wildman–Crippen LogP) is 2.75. The van der Waals surface area contributed by atoms with E-state index in [0.29, 0.717) is 18.9 Å². The molecule has 4 nitrogen and oxygen atoms in total. The minimum Gasteiger partial charge on any atom is -0.496 e. The fraction of sp³-hybridized carbons (Fsp3) is 0.562. The molecule has 0 aromatic heterocycles. The van der Waals surface area contributed by atoms with Gasteiger partial charge in [-0.2, -0.15) is 0 Å². The number of ether oxygens (including phenoxy) is 1. The molecule has 1 rings (SSSR count). The second kappa shape index (κ2) is 8.29. The van der Waals surface area contributed by atoms with E-state index in [1.165, 1.54) is 0 Å². The first-order valence-corrected chi connectivity index (χ1v) is 8.33.